The van der Waals surface area contributed by atoms with Crippen LogP contribution in [-0.2, 0) is 17.9 Å². The van der Waals surface area contributed by atoms with Crippen molar-refractivity contribution in [1.82, 2.24) is 14.5 Å². The van der Waals surface area contributed by atoms with E-state index in [2.05, 4.69) is 4.98 Å². The standard InChI is InChI=1S/C34H31F3N4O3/c35-28-15-24(40-19-34(36,37)20-40)12-10-22(28)17-41-31-14-13-25(44-18-23-11-9-21-5-1-4-8-29(21)38-23)16-30(31)39-32(41)26-6-2-3-7-27(26)33(42)43/h1,4-5,8-16,26-27H,2-3,6-7,17-20H2,(H,42,43)/t26-,27?/m1/s1. The van der Waals surface area contributed by atoms with Gasteiger partial charge in [-0.2, -0.15) is 0 Å². The Labute approximate surface area is 251 Å². The fourth-order valence-electron chi connectivity index (χ4n) is 6.47. The Morgan fingerprint density at radius 2 is 1.77 bits per heavy atom. The molecule has 3 aromatic carbocycles. The molecule has 5 aromatic rings. The van der Waals surface area contributed by atoms with E-state index in [0.29, 0.717) is 41.2 Å². The number of fused-ring (bicyclic) bond motifs is 2. The van der Waals surface area contributed by atoms with E-state index >= 15 is 4.39 Å². The molecule has 1 N–H and O–H groups in total. The third-order valence-electron chi connectivity index (χ3n) is 8.78. The molecule has 10 heteroatoms. The predicted molar refractivity (Wildman–Crippen MR) is 161 cm³/mol. The molecule has 1 unspecified atom stereocenters. The monoisotopic (exact) mass is 600 g/mol. The average Bonchev–Trinajstić information content (AvgIpc) is 3.36. The van der Waals surface area contributed by atoms with Gasteiger partial charge >= 0.3 is 5.97 Å². The van der Waals surface area contributed by atoms with Crippen LogP contribution >= 0.6 is 0 Å². The molecule has 1 saturated carbocycles. The molecule has 0 bridgehead atoms. The zero-order valence-electron chi connectivity index (χ0n) is 23.9. The number of rotatable bonds is 8. The van der Waals surface area contributed by atoms with Crippen molar-refractivity contribution in [3.05, 3.63) is 95.7 Å². The van der Waals surface area contributed by atoms with E-state index in [1.54, 1.807) is 12.1 Å². The summed E-state index contributed by atoms with van der Waals surface area (Å²) in [6, 6.07) is 21.9. The van der Waals surface area contributed by atoms with Crippen molar-refractivity contribution in [3.8, 4) is 5.75 Å². The molecule has 3 heterocycles. The molecule has 2 fully saturated rings. The smallest absolute Gasteiger partial charge is 0.307 e. The van der Waals surface area contributed by atoms with E-state index in [1.165, 1.54) is 11.0 Å². The molecule has 2 aromatic heterocycles. The Balaban J connectivity index is 1.20. The van der Waals surface area contributed by atoms with Crippen LogP contribution in [0.1, 0.15) is 48.7 Å². The largest absolute Gasteiger partial charge is 0.487 e. The molecule has 7 nitrogen and oxygen atoms in total. The van der Waals surface area contributed by atoms with Gasteiger partial charge in [-0.15, -0.1) is 0 Å². The lowest BCUT2D eigenvalue weighted by Gasteiger charge is -2.40. The first-order valence-electron chi connectivity index (χ1n) is 14.9. The Bertz CT molecular complexity index is 1870. The molecule has 1 aliphatic heterocycles. The second kappa shape index (κ2) is 11.2. The van der Waals surface area contributed by atoms with Gasteiger partial charge in [0.15, 0.2) is 0 Å². The number of ether oxygens (including phenoxy) is 1. The molecular weight excluding hydrogens is 569 g/mol. The molecule has 1 aliphatic carbocycles. The number of aromatic nitrogens is 3. The summed E-state index contributed by atoms with van der Waals surface area (Å²) in [7, 11) is 0. The highest BCUT2D eigenvalue weighted by atomic mass is 19.3. The summed E-state index contributed by atoms with van der Waals surface area (Å²) < 4.78 is 50.1. The number of nitrogens with zero attached hydrogens (tertiary/aromatic N) is 4. The van der Waals surface area contributed by atoms with E-state index < -0.39 is 36.7 Å². The van der Waals surface area contributed by atoms with Crippen molar-refractivity contribution in [2.75, 3.05) is 18.0 Å². The van der Waals surface area contributed by atoms with Crippen LogP contribution < -0.4 is 9.64 Å². The van der Waals surface area contributed by atoms with Gasteiger partial charge in [0.05, 0.1) is 47.8 Å². The van der Waals surface area contributed by atoms with Crippen LogP contribution in [-0.4, -0.2) is 44.6 Å². The summed E-state index contributed by atoms with van der Waals surface area (Å²) in [5.41, 5.74) is 3.80. The maximum Gasteiger partial charge on any atom is 0.307 e. The summed E-state index contributed by atoms with van der Waals surface area (Å²) in [4.78, 5) is 23.3. The van der Waals surface area contributed by atoms with Crippen LogP contribution in [0.4, 0.5) is 18.9 Å². The van der Waals surface area contributed by atoms with E-state index in [4.69, 9.17) is 9.72 Å². The third kappa shape index (κ3) is 5.44. The molecule has 2 atom stereocenters. The summed E-state index contributed by atoms with van der Waals surface area (Å²) in [5.74, 6) is -3.85. The highest BCUT2D eigenvalue weighted by Crippen LogP contribution is 2.40. The second-order valence-electron chi connectivity index (χ2n) is 11.8. The number of carboxylic acids is 1. The number of alkyl halides is 2. The first-order chi connectivity index (χ1) is 21.2. The van der Waals surface area contributed by atoms with Crippen LogP contribution in [0.3, 0.4) is 0 Å². The Hall–Kier alpha value is -4.60. The number of para-hydroxylation sites is 1. The van der Waals surface area contributed by atoms with Gasteiger partial charge in [0.1, 0.15) is 24.0 Å². The molecule has 44 heavy (non-hydrogen) atoms. The molecule has 0 radical (unpaired) electrons. The number of carbonyl (C=O) groups is 1. The summed E-state index contributed by atoms with van der Waals surface area (Å²) >= 11 is 0. The number of hydrogen-bond acceptors (Lipinski definition) is 5. The zero-order chi connectivity index (χ0) is 30.4. The molecule has 226 valence electrons. The quantitative estimate of drug-likeness (QED) is 0.204. The van der Waals surface area contributed by atoms with Gasteiger partial charge in [-0.05, 0) is 49.2 Å². The molecule has 2 aliphatic rings. The van der Waals surface area contributed by atoms with Gasteiger partial charge in [0.25, 0.3) is 5.92 Å². The van der Waals surface area contributed by atoms with E-state index in [9.17, 15) is 18.7 Å². The minimum absolute atomic E-state index is 0.123. The highest BCUT2D eigenvalue weighted by molar-refractivity contribution is 5.79. The maximum absolute atomic E-state index is 15.4. The lowest BCUT2D eigenvalue weighted by Crippen LogP contribution is -2.56. The molecule has 1 saturated heterocycles. The fourth-order valence-corrected chi connectivity index (χ4v) is 6.47. The SMILES string of the molecule is O=C(O)C1CCCC[C@H]1c1nc2cc(OCc3ccc4ccccc4n3)ccc2n1Cc1ccc(N2CC(F)(F)C2)cc1F. The first-order valence-corrected chi connectivity index (χ1v) is 14.9. The van der Waals surface area contributed by atoms with E-state index in [0.717, 1.165) is 35.0 Å². The van der Waals surface area contributed by atoms with Gasteiger partial charge in [0, 0.05) is 28.6 Å². The number of aliphatic carboxylic acids is 1. The topological polar surface area (TPSA) is 80.5 Å². The lowest BCUT2D eigenvalue weighted by molar-refractivity contribution is -0.143. The Kier molecular flexibility index (Phi) is 7.14. The molecular formula is C34H31F3N4O3. The minimum Gasteiger partial charge on any atom is -0.487 e. The van der Waals surface area contributed by atoms with Crippen LogP contribution in [0, 0.1) is 11.7 Å². The third-order valence-corrected chi connectivity index (χ3v) is 8.78. The number of imidazole rings is 1. The van der Waals surface area contributed by atoms with Crippen molar-refractivity contribution in [2.45, 2.75) is 50.7 Å². The minimum atomic E-state index is -2.75. The van der Waals surface area contributed by atoms with Crippen LogP contribution in [0.15, 0.2) is 72.8 Å². The summed E-state index contributed by atoms with van der Waals surface area (Å²) in [5, 5.41) is 11.1. The van der Waals surface area contributed by atoms with Gasteiger partial charge in [-0.25, -0.2) is 23.1 Å². The maximum atomic E-state index is 15.4. The van der Waals surface area contributed by atoms with Crippen LogP contribution in [0.5, 0.6) is 5.75 Å². The molecule has 0 amide bonds. The highest BCUT2D eigenvalue weighted by Gasteiger charge is 2.44. The summed E-state index contributed by atoms with van der Waals surface area (Å²) in [6.45, 7) is -0.477. The average molecular weight is 601 g/mol. The zero-order valence-corrected chi connectivity index (χ0v) is 23.9. The Morgan fingerprint density at radius 1 is 0.955 bits per heavy atom. The van der Waals surface area contributed by atoms with Crippen LogP contribution in [0.25, 0.3) is 21.9 Å². The number of hydrogen-bond donors (Lipinski definition) is 1. The van der Waals surface area contributed by atoms with E-state index in [-0.39, 0.29) is 19.1 Å². The molecule has 0 spiro atoms. The van der Waals surface area contributed by atoms with Crippen molar-refractivity contribution in [3.63, 3.8) is 0 Å². The van der Waals surface area contributed by atoms with E-state index in [1.807, 2.05) is 59.2 Å². The fraction of sp³-hybridized carbons (Fsp3) is 0.324. The summed E-state index contributed by atoms with van der Waals surface area (Å²) in [6.07, 6.45) is 2.94. The lowest BCUT2D eigenvalue weighted by atomic mass is 9.78. The van der Waals surface area contributed by atoms with Crippen molar-refractivity contribution < 1.29 is 27.8 Å². The van der Waals surface area contributed by atoms with Crippen molar-refractivity contribution >= 4 is 33.6 Å². The van der Waals surface area contributed by atoms with Gasteiger partial charge < -0.3 is 19.3 Å². The Morgan fingerprint density at radius 3 is 2.57 bits per heavy atom. The number of halogens is 3. The van der Waals surface area contributed by atoms with Gasteiger partial charge in [0.2, 0.25) is 0 Å². The normalized spacial score (nSPS) is 19.7. The first kappa shape index (κ1) is 28.2. The van der Waals surface area contributed by atoms with Crippen molar-refractivity contribution in [1.29, 1.82) is 0 Å². The van der Waals surface area contributed by atoms with Crippen molar-refractivity contribution in [2.24, 2.45) is 5.92 Å². The van der Waals surface area contributed by atoms with Gasteiger partial charge in [-0.1, -0.05) is 43.2 Å². The predicted octanol–water partition coefficient (Wildman–Crippen LogP) is 7.16. The second-order valence-corrected chi connectivity index (χ2v) is 11.8. The number of benzene rings is 3. The van der Waals surface area contributed by atoms with Gasteiger partial charge in [-0.3, -0.25) is 4.79 Å². The van der Waals surface area contributed by atoms with Crippen LogP contribution in [0.2, 0.25) is 0 Å². The number of anilines is 1. The number of carboxylic acid groups (broad SMARTS) is 1. The number of pyridine rings is 1. The molecule has 7 rings (SSSR count).